The summed E-state index contributed by atoms with van der Waals surface area (Å²) in [5.41, 5.74) is 1.21. The maximum Gasteiger partial charge on any atom is 0.161 e. The molecule has 1 aromatic carbocycles. The number of hydrogen-bond acceptors (Lipinski definition) is 4. The highest BCUT2D eigenvalue weighted by Crippen LogP contribution is 2.31. The van der Waals surface area contributed by atoms with Crippen molar-refractivity contribution in [2.45, 2.75) is 52.6 Å². The van der Waals surface area contributed by atoms with Crippen LogP contribution in [0.15, 0.2) is 18.2 Å². The molecule has 1 aromatic rings. The number of aliphatic hydroxyl groups is 1. The molecule has 136 valence electrons. The highest BCUT2D eigenvalue weighted by Gasteiger charge is 2.27. The number of aliphatic hydroxyl groups excluding tert-OH is 1. The van der Waals surface area contributed by atoms with Crippen LogP contribution < -0.4 is 9.47 Å². The van der Waals surface area contributed by atoms with Crippen LogP contribution in [-0.2, 0) is 6.42 Å². The van der Waals surface area contributed by atoms with Gasteiger partial charge in [0, 0.05) is 19.0 Å². The first kappa shape index (κ1) is 19.1. The monoisotopic (exact) mass is 335 g/mol. The Hall–Kier alpha value is -1.26. The lowest BCUT2D eigenvalue weighted by Crippen LogP contribution is -2.44. The van der Waals surface area contributed by atoms with Gasteiger partial charge in [0.2, 0.25) is 0 Å². The van der Waals surface area contributed by atoms with E-state index in [1.165, 1.54) is 12.0 Å². The summed E-state index contributed by atoms with van der Waals surface area (Å²) in [6, 6.07) is 6.20. The topological polar surface area (TPSA) is 41.9 Å². The van der Waals surface area contributed by atoms with Crippen LogP contribution in [-0.4, -0.2) is 49.0 Å². The zero-order valence-corrected chi connectivity index (χ0v) is 15.5. The first-order valence-electron chi connectivity index (χ1n) is 9.46. The van der Waals surface area contributed by atoms with Gasteiger partial charge in [-0.3, -0.25) is 0 Å². The van der Waals surface area contributed by atoms with Gasteiger partial charge in [-0.05, 0) is 56.8 Å². The molecule has 1 aliphatic heterocycles. The van der Waals surface area contributed by atoms with Crippen molar-refractivity contribution in [3.05, 3.63) is 23.8 Å². The lowest BCUT2D eigenvalue weighted by molar-refractivity contribution is 0.0270. The average Bonchev–Trinajstić information content (AvgIpc) is 2.58. The van der Waals surface area contributed by atoms with Crippen molar-refractivity contribution in [3.8, 4) is 11.5 Å². The molecule has 4 nitrogen and oxygen atoms in total. The third kappa shape index (κ3) is 5.38. The van der Waals surface area contributed by atoms with Gasteiger partial charge >= 0.3 is 0 Å². The molecule has 0 aromatic heterocycles. The zero-order valence-electron chi connectivity index (χ0n) is 15.5. The Balaban J connectivity index is 2.06. The Morgan fingerprint density at radius 1 is 1.12 bits per heavy atom. The van der Waals surface area contributed by atoms with Crippen LogP contribution in [0.4, 0.5) is 0 Å². The molecule has 0 radical (unpaired) electrons. The summed E-state index contributed by atoms with van der Waals surface area (Å²) in [6.07, 6.45) is 3.70. The fourth-order valence-electron chi connectivity index (χ4n) is 3.40. The van der Waals surface area contributed by atoms with Gasteiger partial charge in [-0.2, -0.15) is 0 Å². The summed E-state index contributed by atoms with van der Waals surface area (Å²) >= 11 is 0. The molecule has 4 heteroatoms. The number of benzene rings is 1. The Kier molecular flexibility index (Phi) is 7.86. The van der Waals surface area contributed by atoms with E-state index in [0.29, 0.717) is 19.1 Å². The van der Waals surface area contributed by atoms with Gasteiger partial charge in [-0.1, -0.05) is 19.9 Å². The second-order valence-electron chi connectivity index (χ2n) is 6.68. The first-order valence-corrected chi connectivity index (χ1v) is 9.46. The molecule has 24 heavy (non-hydrogen) atoms. The van der Waals surface area contributed by atoms with E-state index in [-0.39, 0.29) is 6.10 Å². The molecule has 0 bridgehead atoms. The van der Waals surface area contributed by atoms with E-state index >= 15 is 0 Å². The molecule has 1 aliphatic rings. The van der Waals surface area contributed by atoms with Gasteiger partial charge in [-0.25, -0.2) is 0 Å². The maximum absolute atomic E-state index is 10.4. The average molecular weight is 335 g/mol. The highest BCUT2D eigenvalue weighted by molar-refractivity contribution is 5.43. The van der Waals surface area contributed by atoms with E-state index in [1.807, 2.05) is 13.0 Å². The standard InChI is InChI=1S/C20H33NO3/c1-4-10-21-11-9-18(22)17(15-21)13-16-7-8-19(24-12-5-2)20(14-16)23-6-3/h7-8,14,17-18,22H,4-6,9-13,15H2,1-3H3. The molecule has 0 amide bonds. The minimum Gasteiger partial charge on any atom is -0.490 e. The molecule has 2 unspecified atom stereocenters. The second-order valence-corrected chi connectivity index (χ2v) is 6.68. The van der Waals surface area contributed by atoms with E-state index < -0.39 is 0 Å². The largest absolute Gasteiger partial charge is 0.490 e. The minimum absolute atomic E-state index is 0.204. The third-order valence-corrected chi connectivity index (χ3v) is 4.59. The SMILES string of the molecule is CCCOc1ccc(CC2CN(CCC)CCC2O)cc1OCC. The molecule has 0 spiro atoms. The number of hydrogen-bond donors (Lipinski definition) is 1. The van der Waals surface area contributed by atoms with E-state index in [1.54, 1.807) is 0 Å². The smallest absolute Gasteiger partial charge is 0.161 e. The third-order valence-electron chi connectivity index (χ3n) is 4.59. The van der Waals surface area contributed by atoms with Crippen LogP contribution in [0.5, 0.6) is 11.5 Å². The second kappa shape index (κ2) is 9.90. The van der Waals surface area contributed by atoms with Crippen molar-refractivity contribution in [3.63, 3.8) is 0 Å². The number of rotatable bonds is 9. The molecule has 1 heterocycles. The first-order chi connectivity index (χ1) is 11.7. The Bertz CT molecular complexity index is 492. The predicted molar refractivity (Wildman–Crippen MR) is 97.9 cm³/mol. The maximum atomic E-state index is 10.4. The molecule has 0 saturated carbocycles. The fourth-order valence-corrected chi connectivity index (χ4v) is 3.40. The molecule has 2 atom stereocenters. The molecule has 1 N–H and O–H groups in total. The predicted octanol–water partition coefficient (Wildman–Crippen LogP) is 3.51. The summed E-state index contributed by atoms with van der Waals surface area (Å²) in [7, 11) is 0. The van der Waals surface area contributed by atoms with Gasteiger partial charge in [0.05, 0.1) is 19.3 Å². The highest BCUT2D eigenvalue weighted by atomic mass is 16.5. The summed E-state index contributed by atoms with van der Waals surface area (Å²) in [4.78, 5) is 2.47. The van der Waals surface area contributed by atoms with E-state index in [9.17, 15) is 5.11 Å². The van der Waals surface area contributed by atoms with Crippen molar-refractivity contribution in [1.82, 2.24) is 4.90 Å². The summed E-state index contributed by atoms with van der Waals surface area (Å²) in [5, 5.41) is 10.4. The van der Waals surface area contributed by atoms with Gasteiger partial charge in [0.1, 0.15) is 0 Å². The van der Waals surface area contributed by atoms with Gasteiger partial charge in [0.25, 0.3) is 0 Å². The van der Waals surface area contributed by atoms with Crippen molar-refractivity contribution < 1.29 is 14.6 Å². The van der Waals surface area contributed by atoms with E-state index in [4.69, 9.17) is 9.47 Å². The number of ether oxygens (including phenoxy) is 2. The number of piperidine rings is 1. The van der Waals surface area contributed by atoms with Crippen LogP contribution >= 0.6 is 0 Å². The molecule has 1 fully saturated rings. The molecular weight excluding hydrogens is 302 g/mol. The van der Waals surface area contributed by atoms with E-state index in [2.05, 4.69) is 30.9 Å². The molecule has 2 rings (SSSR count). The Morgan fingerprint density at radius 3 is 2.67 bits per heavy atom. The van der Waals surface area contributed by atoms with Gasteiger partial charge in [-0.15, -0.1) is 0 Å². The van der Waals surface area contributed by atoms with Crippen LogP contribution in [0.1, 0.15) is 45.6 Å². The Labute approximate surface area is 146 Å². The van der Waals surface area contributed by atoms with Gasteiger partial charge in [0.15, 0.2) is 11.5 Å². The minimum atomic E-state index is -0.204. The van der Waals surface area contributed by atoms with Crippen LogP contribution in [0, 0.1) is 5.92 Å². The normalized spacial score (nSPS) is 21.7. The van der Waals surface area contributed by atoms with Crippen LogP contribution in [0.2, 0.25) is 0 Å². The van der Waals surface area contributed by atoms with Gasteiger partial charge < -0.3 is 19.5 Å². The number of nitrogens with zero attached hydrogens (tertiary/aromatic N) is 1. The number of likely N-dealkylation sites (tertiary alicyclic amines) is 1. The summed E-state index contributed by atoms with van der Waals surface area (Å²) in [5.74, 6) is 1.93. The van der Waals surface area contributed by atoms with Crippen molar-refractivity contribution in [2.24, 2.45) is 5.92 Å². The molecular formula is C20H33NO3. The zero-order chi connectivity index (χ0) is 17.4. The lowest BCUT2D eigenvalue weighted by Gasteiger charge is -2.36. The van der Waals surface area contributed by atoms with E-state index in [0.717, 1.165) is 50.4 Å². The molecule has 0 aliphatic carbocycles. The lowest BCUT2D eigenvalue weighted by atomic mass is 9.88. The summed E-state index contributed by atoms with van der Waals surface area (Å²) < 4.78 is 11.5. The summed E-state index contributed by atoms with van der Waals surface area (Å²) in [6.45, 7) is 10.7. The van der Waals surface area contributed by atoms with Crippen LogP contribution in [0.25, 0.3) is 0 Å². The van der Waals surface area contributed by atoms with Crippen LogP contribution in [0.3, 0.4) is 0 Å². The van der Waals surface area contributed by atoms with Crippen molar-refractivity contribution in [2.75, 3.05) is 32.8 Å². The molecule has 1 saturated heterocycles. The van der Waals surface area contributed by atoms with Crippen molar-refractivity contribution >= 4 is 0 Å². The fraction of sp³-hybridized carbons (Fsp3) is 0.700. The quantitative estimate of drug-likeness (QED) is 0.750. The van der Waals surface area contributed by atoms with Crippen molar-refractivity contribution in [1.29, 1.82) is 0 Å². The Morgan fingerprint density at radius 2 is 1.96 bits per heavy atom.